The minimum Gasteiger partial charge on any atom is -0.480 e. The maximum Gasteiger partial charge on any atom is 0.407 e. The molecule has 3 aromatic carbocycles. The van der Waals surface area contributed by atoms with Crippen LogP contribution in [0.1, 0.15) is 35.1 Å². The Bertz CT molecular complexity index is 1330. The Labute approximate surface area is 197 Å². The van der Waals surface area contributed by atoms with Gasteiger partial charge in [0.2, 0.25) is 0 Å². The Morgan fingerprint density at radius 3 is 2.29 bits per heavy atom. The van der Waals surface area contributed by atoms with Gasteiger partial charge in [-0.1, -0.05) is 73.7 Å². The van der Waals surface area contributed by atoms with Crippen LogP contribution in [0, 0.1) is 0 Å². The van der Waals surface area contributed by atoms with Crippen LogP contribution in [0.25, 0.3) is 22.0 Å². The maximum absolute atomic E-state index is 12.6. The summed E-state index contributed by atoms with van der Waals surface area (Å²) in [5.41, 5.74) is 7.51. The average Bonchev–Trinajstić information content (AvgIpc) is 3.41. The molecule has 0 spiro atoms. The molecule has 4 aromatic rings. The molecule has 6 nitrogen and oxygen atoms in total. The van der Waals surface area contributed by atoms with Crippen LogP contribution in [0.15, 0.2) is 72.9 Å². The summed E-state index contributed by atoms with van der Waals surface area (Å²) in [6.07, 6.45) is 2.12. The second-order valence-corrected chi connectivity index (χ2v) is 8.57. The predicted molar refractivity (Wildman–Crippen MR) is 131 cm³/mol. The van der Waals surface area contributed by atoms with E-state index in [1.165, 1.54) is 5.56 Å². The van der Waals surface area contributed by atoms with Crippen LogP contribution < -0.4 is 5.32 Å². The van der Waals surface area contributed by atoms with Gasteiger partial charge in [0.05, 0.1) is 0 Å². The maximum atomic E-state index is 12.6. The molecule has 5 rings (SSSR count). The molecule has 1 unspecified atom stereocenters. The van der Waals surface area contributed by atoms with Crippen molar-refractivity contribution in [3.63, 3.8) is 0 Å². The molecule has 0 radical (unpaired) electrons. The minimum atomic E-state index is -1.10. The monoisotopic (exact) mass is 454 g/mol. The van der Waals surface area contributed by atoms with Gasteiger partial charge >= 0.3 is 12.1 Å². The number of aromatic amines is 1. The van der Waals surface area contributed by atoms with Gasteiger partial charge < -0.3 is 20.1 Å². The Hall–Kier alpha value is -4.06. The number of hydrogen-bond donors (Lipinski definition) is 3. The van der Waals surface area contributed by atoms with Crippen molar-refractivity contribution in [1.82, 2.24) is 10.3 Å². The lowest BCUT2D eigenvalue weighted by Crippen LogP contribution is -2.42. The quantitative estimate of drug-likeness (QED) is 0.355. The molecule has 3 N–H and O–H groups in total. The number of aliphatic carboxylic acids is 1. The third-order valence-corrected chi connectivity index (χ3v) is 6.63. The molecule has 1 aliphatic rings. The number of aryl methyl sites for hydroxylation is 1. The van der Waals surface area contributed by atoms with Crippen molar-refractivity contribution in [1.29, 1.82) is 0 Å². The predicted octanol–water partition coefficient (Wildman–Crippen LogP) is 5.26. The molecule has 1 aromatic heterocycles. The van der Waals surface area contributed by atoms with Crippen LogP contribution in [-0.2, 0) is 22.4 Å². The van der Waals surface area contributed by atoms with Gasteiger partial charge in [-0.2, -0.15) is 0 Å². The van der Waals surface area contributed by atoms with E-state index in [4.69, 9.17) is 4.74 Å². The smallest absolute Gasteiger partial charge is 0.407 e. The van der Waals surface area contributed by atoms with Crippen LogP contribution in [0.2, 0.25) is 0 Å². The molecule has 1 aliphatic carbocycles. The number of benzene rings is 3. The molecule has 1 amide bonds. The number of carbonyl (C=O) groups is 2. The zero-order valence-electron chi connectivity index (χ0n) is 18.9. The largest absolute Gasteiger partial charge is 0.480 e. The van der Waals surface area contributed by atoms with Crippen molar-refractivity contribution in [2.45, 2.75) is 31.7 Å². The Morgan fingerprint density at radius 2 is 1.65 bits per heavy atom. The average molecular weight is 455 g/mol. The van der Waals surface area contributed by atoms with E-state index in [0.29, 0.717) is 0 Å². The molecule has 0 aliphatic heterocycles. The van der Waals surface area contributed by atoms with Gasteiger partial charge in [0.25, 0.3) is 0 Å². The molecule has 0 saturated carbocycles. The molecule has 6 heteroatoms. The molecule has 0 fully saturated rings. The number of aromatic nitrogens is 1. The van der Waals surface area contributed by atoms with Crippen molar-refractivity contribution >= 4 is 23.0 Å². The first-order valence-corrected chi connectivity index (χ1v) is 11.5. The van der Waals surface area contributed by atoms with E-state index in [9.17, 15) is 14.7 Å². The summed E-state index contributed by atoms with van der Waals surface area (Å²) in [6.45, 7) is 2.22. The number of H-pyrrole nitrogens is 1. The molecule has 1 heterocycles. The van der Waals surface area contributed by atoms with E-state index >= 15 is 0 Å². The van der Waals surface area contributed by atoms with Gasteiger partial charge in [0.15, 0.2) is 0 Å². The van der Waals surface area contributed by atoms with Crippen molar-refractivity contribution < 1.29 is 19.4 Å². The standard InChI is InChI=1S/C28H26N2O4/c1-2-17-8-7-13-19-18(15-29-26(17)19)14-25(27(31)32)30-28(33)34-16-24-22-11-5-3-9-20(22)21-10-4-6-12-23(21)24/h3-13,15,24-25,29H,2,14,16H2,1H3,(H,30,33)(H,31,32). The number of carboxylic acid groups (broad SMARTS) is 1. The van der Waals surface area contributed by atoms with E-state index in [1.807, 2.05) is 60.8 Å². The van der Waals surface area contributed by atoms with Gasteiger partial charge in [-0.25, -0.2) is 9.59 Å². The van der Waals surface area contributed by atoms with Crippen molar-refractivity contribution in [3.8, 4) is 11.1 Å². The summed E-state index contributed by atoms with van der Waals surface area (Å²) in [6, 6.07) is 21.1. The number of alkyl carbamates (subject to hydrolysis) is 1. The summed E-state index contributed by atoms with van der Waals surface area (Å²) >= 11 is 0. The highest BCUT2D eigenvalue weighted by molar-refractivity contribution is 5.87. The molecular formula is C28H26N2O4. The van der Waals surface area contributed by atoms with Gasteiger partial charge in [-0.05, 0) is 39.8 Å². The fraction of sp³-hybridized carbons (Fsp3) is 0.214. The van der Waals surface area contributed by atoms with Gasteiger partial charge in [0, 0.05) is 29.4 Å². The fourth-order valence-electron chi connectivity index (χ4n) is 4.94. The van der Waals surface area contributed by atoms with E-state index in [-0.39, 0.29) is 18.9 Å². The molecule has 34 heavy (non-hydrogen) atoms. The van der Waals surface area contributed by atoms with Crippen LogP contribution in [-0.4, -0.2) is 34.8 Å². The Kier molecular flexibility index (Phi) is 5.80. The highest BCUT2D eigenvalue weighted by Gasteiger charge is 2.30. The normalized spacial score (nSPS) is 13.3. The number of amides is 1. The summed E-state index contributed by atoms with van der Waals surface area (Å²) in [5, 5.41) is 13.3. The first-order valence-electron chi connectivity index (χ1n) is 11.5. The third kappa shape index (κ3) is 3.92. The second kappa shape index (κ2) is 9.06. The zero-order valence-corrected chi connectivity index (χ0v) is 18.9. The van der Waals surface area contributed by atoms with E-state index < -0.39 is 18.1 Å². The van der Waals surface area contributed by atoms with E-state index in [1.54, 1.807) is 0 Å². The molecular weight excluding hydrogens is 428 g/mol. The highest BCUT2D eigenvalue weighted by atomic mass is 16.5. The SMILES string of the molecule is CCc1cccc2c(CC(NC(=O)OCC3c4ccccc4-c4ccccc43)C(=O)O)c[nH]c12. The highest BCUT2D eigenvalue weighted by Crippen LogP contribution is 2.44. The van der Waals surface area contributed by atoms with E-state index in [2.05, 4.69) is 29.4 Å². The lowest BCUT2D eigenvalue weighted by atomic mass is 9.98. The van der Waals surface area contributed by atoms with Crippen LogP contribution in [0.3, 0.4) is 0 Å². The lowest BCUT2D eigenvalue weighted by molar-refractivity contribution is -0.139. The Balaban J connectivity index is 1.29. The molecule has 0 saturated heterocycles. The summed E-state index contributed by atoms with van der Waals surface area (Å²) < 4.78 is 5.54. The minimum absolute atomic E-state index is 0.0810. The summed E-state index contributed by atoms with van der Waals surface area (Å²) in [5.74, 6) is -1.18. The summed E-state index contributed by atoms with van der Waals surface area (Å²) in [4.78, 5) is 27.8. The van der Waals surface area contributed by atoms with E-state index in [0.717, 1.165) is 45.1 Å². The first kappa shape index (κ1) is 21.8. The van der Waals surface area contributed by atoms with Crippen LogP contribution in [0.5, 0.6) is 0 Å². The fourth-order valence-corrected chi connectivity index (χ4v) is 4.94. The summed E-state index contributed by atoms with van der Waals surface area (Å²) in [7, 11) is 0. The van der Waals surface area contributed by atoms with Gasteiger partial charge in [-0.3, -0.25) is 0 Å². The number of carbonyl (C=O) groups excluding carboxylic acids is 1. The molecule has 1 atom stereocenters. The number of fused-ring (bicyclic) bond motifs is 4. The van der Waals surface area contributed by atoms with Crippen molar-refractivity contribution in [2.75, 3.05) is 6.61 Å². The third-order valence-electron chi connectivity index (χ3n) is 6.63. The van der Waals surface area contributed by atoms with Crippen LogP contribution >= 0.6 is 0 Å². The van der Waals surface area contributed by atoms with Gasteiger partial charge in [-0.15, -0.1) is 0 Å². The lowest BCUT2D eigenvalue weighted by Gasteiger charge is -2.17. The zero-order chi connectivity index (χ0) is 23.7. The number of nitrogens with one attached hydrogen (secondary N) is 2. The number of ether oxygens (including phenoxy) is 1. The number of carboxylic acids is 1. The number of para-hydroxylation sites is 1. The number of rotatable bonds is 7. The number of hydrogen-bond acceptors (Lipinski definition) is 3. The Morgan fingerprint density at radius 1 is 0.971 bits per heavy atom. The van der Waals surface area contributed by atoms with Gasteiger partial charge in [0.1, 0.15) is 12.6 Å². The second-order valence-electron chi connectivity index (χ2n) is 8.57. The van der Waals surface area contributed by atoms with Crippen LogP contribution in [0.4, 0.5) is 4.79 Å². The van der Waals surface area contributed by atoms with Crippen molar-refractivity contribution in [3.05, 3.63) is 95.2 Å². The molecule has 0 bridgehead atoms. The molecule has 172 valence electrons. The topological polar surface area (TPSA) is 91.4 Å². The first-order chi connectivity index (χ1) is 16.6. The van der Waals surface area contributed by atoms with Crippen molar-refractivity contribution in [2.24, 2.45) is 0 Å².